The second kappa shape index (κ2) is 6.00. The predicted molar refractivity (Wildman–Crippen MR) is 74.6 cm³/mol. The zero-order chi connectivity index (χ0) is 13.8. The highest BCUT2D eigenvalue weighted by Crippen LogP contribution is 2.25. The van der Waals surface area contributed by atoms with E-state index in [-0.39, 0.29) is 17.5 Å². The third-order valence-corrected chi connectivity index (χ3v) is 3.71. The zero-order valence-corrected chi connectivity index (χ0v) is 11.4. The third kappa shape index (κ3) is 3.03. The molecule has 0 N–H and O–H groups in total. The summed E-state index contributed by atoms with van der Waals surface area (Å²) in [6, 6.07) is 4.99. The molecule has 0 atom stereocenters. The van der Waals surface area contributed by atoms with Gasteiger partial charge in [0.2, 0.25) is 0 Å². The van der Waals surface area contributed by atoms with E-state index in [1.54, 1.807) is 23.1 Å². The summed E-state index contributed by atoms with van der Waals surface area (Å²) in [5.74, 6) is -0.652. The van der Waals surface area contributed by atoms with E-state index in [0.717, 1.165) is 31.2 Å². The lowest BCUT2D eigenvalue weighted by molar-refractivity contribution is 0.0702. The molecule has 0 saturated heterocycles. The van der Waals surface area contributed by atoms with Gasteiger partial charge in [0.15, 0.2) is 0 Å². The van der Waals surface area contributed by atoms with Crippen LogP contribution in [0, 0.1) is 12.7 Å². The van der Waals surface area contributed by atoms with Gasteiger partial charge in [-0.25, -0.2) is 4.39 Å². The summed E-state index contributed by atoms with van der Waals surface area (Å²) < 4.78 is 13.9. The van der Waals surface area contributed by atoms with Gasteiger partial charge < -0.3 is 4.90 Å². The maximum atomic E-state index is 13.9. The van der Waals surface area contributed by atoms with E-state index in [4.69, 9.17) is 0 Å². The standard InChI is InChI=1S/C16H20FNO/c1-3-10-18(13-6-4-5-7-13)16(19)14-9-8-12(2)11-15(14)17/h3,8-9,11,13H,1,4-7,10H2,2H3. The number of rotatable bonds is 4. The number of halogens is 1. The lowest BCUT2D eigenvalue weighted by atomic mass is 10.1. The molecule has 0 bridgehead atoms. The van der Waals surface area contributed by atoms with Crippen molar-refractivity contribution in [1.29, 1.82) is 0 Å². The van der Waals surface area contributed by atoms with Crippen LogP contribution in [0.2, 0.25) is 0 Å². The van der Waals surface area contributed by atoms with Crippen molar-refractivity contribution < 1.29 is 9.18 Å². The molecule has 2 nitrogen and oxygen atoms in total. The van der Waals surface area contributed by atoms with Crippen LogP contribution in [0.25, 0.3) is 0 Å². The van der Waals surface area contributed by atoms with Crippen molar-refractivity contribution >= 4 is 5.91 Å². The van der Waals surface area contributed by atoms with Gasteiger partial charge in [0.25, 0.3) is 5.91 Å². The van der Waals surface area contributed by atoms with Gasteiger partial charge in [0.1, 0.15) is 5.82 Å². The van der Waals surface area contributed by atoms with E-state index in [9.17, 15) is 9.18 Å². The van der Waals surface area contributed by atoms with Crippen molar-refractivity contribution in [3.05, 3.63) is 47.8 Å². The first-order chi connectivity index (χ1) is 9.13. The fourth-order valence-corrected chi connectivity index (χ4v) is 2.70. The molecule has 19 heavy (non-hydrogen) atoms. The molecule has 1 amide bonds. The Morgan fingerprint density at radius 3 is 2.74 bits per heavy atom. The molecule has 0 heterocycles. The van der Waals surface area contributed by atoms with Gasteiger partial charge in [-0.1, -0.05) is 25.0 Å². The van der Waals surface area contributed by atoms with E-state index in [1.165, 1.54) is 6.07 Å². The molecule has 0 unspecified atom stereocenters. The highest BCUT2D eigenvalue weighted by Gasteiger charge is 2.27. The summed E-state index contributed by atoms with van der Waals surface area (Å²) in [4.78, 5) is 14.2. The van der Waals surface area contributed by atoms with Crippen LogP contribution in [0.4, 0.5) is 4.39 Å². The summed E-state index contributed by atoms with van der Waals surface area (Å²) in [5, 5.41) is 0. The molecule has 0 spiro atoms. The summed E-state index contributed by atoms with van der Waals surface area (Å²) in [6.07, 6.45) is 6.01. The first-order valence-electron chi connectivity index (χ1n) is 6.81. The molecule has 0 radical (unpaired) electrons. The Hall–Kier alpha value is -1.64. The van der Waals surface area contributed by atoms with Crippen LogP contribution >= 0.6 is 0 Å². The molecule has 1 fully saturated rings. The molecule has 1 aliphatic rings. The lowest BCUT2D eigenvalue weighted by Crippen LogP contribution is -2.39. The van der Waals surface area contributed by atoms with Gasteiger partial charge in [-0.3, -0.25) is 4.79 Å². The fraction of sp³-hybridized carbons (Fsp3) is 0.438. The number of aryl methyl sites for hydroxylation is 1. The SMILES string of the molecule is C=CCN(C(=O)c1ccc(C)cc1F)C1CCCC1. The predicted octanol–water partition coefficient (Wildman–Crippen LogP) is 3.70. The highest BCUT2D eigenvalue weighted by atomic mass is 19.1. The molecule has 0 aliphatic heterocycles. The van der Waals surface area contributed by atoms with Crippen LogP contribution in [0.15, 0.2) is 30.9 Å². The van der Waals surface area contributed by atoms with Crippen molar-refractivity contribution in [2.45, 2.75) is 38.6 Å². The van der Waals surface area contributed by atoms with Gasteiger partial charge in [0, 0.05) is 12.6 Å². The molecule has 0 aromatic heterocycles. The topological polar surface area (TPSA) is 20.3 Å². The first-order valence-corrected chi connectivity index (χ1v) is 6.81. The number of amides is 1. The summed E-state index contributed by atoms with van der Waals surface area (Å²) >= 11 is 0. The van der Waals surface area contributed by atoms with Gasteiger partial charge in [-0.15, -0.1) is 6.58 Å². The average Bonchev–Trinajstić information content (AvgIpc) is 2.89. The van der Waals surface area contributed by atoms with Crippen LogP contribution in [0.5, 0.6) is 0 Å². The number of carbonyl (C=O) groups is 1. The van der Waals surface area contributed by atoms with Crippen LogP contribution in [-0.4, -0.2) is 23.4 Å². The second-order valence-electron chi connectivity index (χ2n) is 5.17. The largest absolute Gasteiger partial charge is 0.332 e. The first kappa shape index (κ1) is 13.8. The molecule has 102 valence electrons. The van der Waals surface area contributed by atoms with Crippen molar-refractivity contribution in [3.63, 3.8) is 0 Å². The minimum absolute atomic E-state index is 0.166. The second-order valence-corrected chi connectivity index (χ2v) is 5.17. The Labute approximate surface area is 113 Å². The smallest absolute Gasteiger partial charge is 0.257 e. The minimum atomic E-state index is -0.433. The van der Waals surface area contributed by atoms with E-state index in [2.05, 4.69) is 6.58 Å². The number of carbonyl (C=O) groups excluding carboxylic acids is 1. The van der Waals surface area contributed by atoms with Gasteiger partial charge in [-0.2, -0.15) is 0 Å². The quantitative estimate of drug-likeness (QED) is 0.757. The normalized spacial score (nSPS) is 15.5. The van der Waals surface area contributed by atoms with E-state index in [0.29, 0.717) is 6.54 Å². The van der Waals surface area contributed by atoms with Crippen molar-refractivity contribution in [2.24, 2.45) is 0 Å². The van der Waals surface area contributed by atoms with E-state index >= 15 is 0 Å². The Bertz CT molecular complexity index is 478. The third-order valence-electron chi connectivity index (χ3n) is 3.71. The Morgan fingerprint density at radius 1 is 1.47 bits per heavy atom. The molecule has 2 rings (SSSR count). The highest BCUT2D eigenvalue weighted by molar-refractivity contribution is 5.94. The summed E-state index contributed by atoms with van der Waals surface area (Å²) in [7, 11) is 0. The Balaban J connectivity index is 2.25. The van der Waals surface area contributed by atoms with E-state index in [1.807, 2.05) is 6.92 Å². The van der Waals surface area contributed by atoms with Gasteiger partial charge in [-0.05, 0) is 37.5 Å². The van der Waals surface area contributed by atoms with Crippen LogP contribution in [0.3, 0.4) is 0 Å². The van der Waals surface area contributed by atoms with Gasteiger partial charge >= 0.3 is 0 Å². The molecule has 1 aromatic carbocycles. The number of nitrogens with zero attached hydrogens (tertiary/aromatic N) is 1. The van der Waals surface area contributed by atoms with Crippen molar-refractivity contribution in [1.82, 2.24) is 4.90 Å². The van der Waals surface area contributed by atoms with Crippen LogP contribution in [0.1, 0.15) is 41.6 Å². The lowest BCUT2D eigenvalue weighted by Gasteiger charge is -2.28. The summed E-state index contributed by atoms with van der Waals surface area (Å²) in [6.45, 7) is 6.00. The number of benzene rings is 1. The molecular weight excluding hydrogens is 241 g/mol. The van der Waals surface area contributed by atoms with Crippen molar-refractivity contribution in [2.75, 3.05) is 6.54 Å². The molecule has 1 saturated carbocycles. The minimum Gasteiger partial charge on any atom is -0.332 e. The molecule has 1 aromatic rings. The monoisotopic (exact) mass is 261 g/mol. The van der Waals surface area contributed by atoms with E-state index < -0.39 is 5.82 Å². The summed E-state index contributed by atoms with van der Waals surface area (Å²) in [5.41, 5.74) is 0.990. The Kier molecular flexibility index (Phi) is 4.35. The van der Waals surface area contributed by atoms with Crippen LogP contribution in [-0.2, 0) is 0 Å². The number of hydrogen-bond acceptors (Lipinski definition) is 1. The number of hydrogen-bond donors (Lipinski definition) is 0. The molecule has 1 aliphatic carbocycles. The van der Waals surface area contributed by atoms with Crippen molar-refractivity contribution in [3.8, 4) is 0 Å². The molecular formula is C16H20FNO. The molecule has 3 heteroatoms. The Morgan fingerprint density at radius 2 is 2.16 bits per heavy atom. The maximum absolute atomic E-state index is 13.9. The van der Waals surface area contributed by atoms with Crippen LogP contribution < -0.4 is 0 Å². The van der Waals surface area contributed by atoms with Gasteiger partial charge in [0.05, 0.1) is 5.56 Å². The maximum Gasteiger partial charge on any atom is 0.257 e. The fourth-order valence-electron chi connectivity index (χ4n) is 2.70. The zero-order valence-electron chi connectivity index (χ0n) is 11.4. The average molecular weight is 261 g/mol.